The zero-order valence-corrected chi connectivity index (χ0v) is 17.6. The molecule has 0 bridgehead atoms. The van der Waals surface area contributed by atoms with Gasteiger partial charge in [-0.25, -0.2) is 0 Å². The van der Waals surface area contributed by atoms with E-state index < -0.39 is 4.92 Å². The molecule has 5 heteroatoms. The Labute approximate surface area is 170 Å². The van der Waals surface area contributed by atoms with Crippen LogP contribution in [0.2, 0.25) is 0 Å². The smallest absolute Gasteiger partial charge is 0.273 e. The first-order valence-corrected chi connectivity index (χ1v) is 11.1. The molecule has 0 aliphatic heterocycles. The number of nitro groups is 1. The number of aromatic hydroxyl groups is 1. The second-order valence-electron chi connectivity index (χ2n) is 7.63. The van der Waals surface area contributed by atoms with Gasteiger partial charge in [0.05, 0.1) is 11.0 Å². The van der Waals surface area contributed by atoms with Crippen molar-refractivity contribution in [1.82, 2.24) is 0 Å². The van der Waals surface area contributed by atoms with E-state index in [4.69, 9.17) is 0 Å². The molecule has 0 spiro atoms. The molecule has 0 unspecified atom stereocenters. The van der Waals surface area contributed by atoms with Gasteiger partial charge in [0.25, 0.3) is 5.69 Å². The first kappa shape index (κ1) is 24.1. The highest BCUT2D eigenvalue weighted by atomic mass is 16.6. The van der Waals surface area contributed by atoms with Gasteiger partial charge in [-0.2, -0.15) is 0 Å². The first-order valence-electron chi connectivity index (χ1n) is 11.1. The molecule has 0 aliphatic carbocycles. The lowest BCUT2D eigenvalue weighted by atomic mass is 10.0. The van der Waals surface area contributed by atoms with Crippen molar-refractivity contribution in [2.75, 3.05) is 6.54 Å². The van der Waals surface area contributed by atoms with Gasteiger partial charge in [-0.3, -0.25) is 15.1 Å². The van der Waals surface area contributed by atoms with Crippen molar-refractivity contribution in [3.8, 4) is 5.75 Å². The van der Waals surface area contributed by atoms with E-state index in [1.54, 1.807) is 6.21 Å². The van der Waals surface area contributed by atoms with Gasteiger partial charge < -0.3 is 5.11 Å². The average Bonchev–Trinajstić information content (AvgIpc) is 2.68. The van der Waals surface area contributed by atoms with Gasteiger partial charge in [0.1, 0.15) is 5.75 Å². The maximum absolute atomic E-state index is 10.6. The van der Waals surface area contributed by atoms with E-state index in [9.17, 15) is 15.2 Å². The molecule has 5 nitrogen and oxygen atoms in total. The average molecular weight is 391 g/mol. The van der Waals surface area contributed by atoms with E-state index in [1.165, 1.54) is 95.6 Å². The third kappa shape index (κ3) is 11.7. The fourth-order valence-corrected chi connectivity index (χ4v) is 3.32. The number of non-ortho nitro benzene ring substituents is 1. The number of phenolic OH excluding ortho intramolecular Hbond substituents is 1. The topological polar surface area (TPSA) is 75.7 Å². The van der Waals surface area contributed by atoms with Crippen molar-refractivity contribution in [2.45, 2.75) is 96.8 Å². The molecule has 0 saturated heterocycles. The molecule has 0 atom stereocenters. The lowest BCUT2D eigenvalue weighted by Crippen LogP contribution is -1.90. The van der Waals surface area contributed by atoms with E-state index in [1.807, 2.05) is 0 Å². The van der Waals surface area contributed by atoms with Crippen LogP contribution in [0.1, 0.15) is 102 Å². The highest BCUT2D eigenvalue weighted by molar-refractivity contribution is 5.83. The largest absolute Gasteiger partial charge is 0.507 e. The van der Waals surface area contributed by atoms with E-state index in [0.717, 1.165) is 19.0 Å². The van der Waals surface area contributed by atoms with Crippen LogP contribution in [0.15, 0.2) is 23.2 Å². The SMILES string of the molecule is CCCCCCCCCCCCCCCCN=Cc1ccc([N+](=O)[O-])cc1O. The number of phenols is 1. The Bertz CT molecular complexity index is 573. The molecular formula is C23H38N2O3. The molecule has 0 aliphatic rings. The quantitative estimate of drug-likeness (QED) is 0.132. The van der Waals surface area contributed by atoms with Crippen LogP contribution in [0.4, 0.5) is 5.69 Å². The number of rotatable bonds is 17. The molecule has 0 aromatic heterocycles. The minimum atomic E-state index is -0.519. The Hall–Kier alpha value is -1.91. The van der Waals surface area contributed by atoms with Crippen LogP contribution in [0.5, 0.6) is 5.75 Å². The number of nitro benzene ring substituents is 1. The van der Waals surface area contributed by atoms with Crippen molar-refractivity contribution in [3.05, 3.63) is 33.9 Å². The van der Waals surface area contributed by atoms with Crippen LogP contribution in [0.25, 0.3) is 0 Å². The summed E-state index contributed by atoms with van der Waals surface area (Å²) in [6.45, 7) is 3.00. The van der Waals surface area contributed by atoms with Crippen LogP contribution in [0, 0.1) is 10.1 Å². The van der Waals surface area contributed by atoms with Crippen molar-refractivity contribution in [3.63, 3.8) is 0 Å². The molecule has 158 valence electrons. The van der Waals surface area contributed by atoms with Gasteiger partial charge in [-0.1, -0.05) is 90.4 Å². The Kier molecular flexibility index (Phi) is 13.9. The Morgan fingerprint density at radius 1 is 0.893 bits per heavy atom. The molecular weight excluding hydrogens is 352 g/mol. The molecule has 0 heterocycles. The van der Waals surface area contributed by atoms with E-state index >= 15 is 0 Å². The summed E-state index contributed by atoms with van der Waals surface area (Å²) < 4.78 is 0. The summed E-state index contributed by atoms with van der Waals surface area (Å²) in [6.07, 6.45) is 20.3. The summed E-state index contributed by atoms with van der Waals surface area (Å²) in [5, 5.41) is 20.4. The summed E-state index contributed by atoms with van der Waals surface area (Å²) >= 11 is 0. The van der Waals surface area contributed by atoms with Crippen molar-refractivity contribution < 1.29 is 10.0 Å². The summed E-state index contributed by atoms with van der Waals surface area (Å²) in [5.74, 6) is -0.0982. The minimum Gasteiger partial charge on any atom is -0.507 e. The zero-order valence-electron chi connectivity index (χ0n) is 17.6. The van der Waals surface area contributed by atoms with Gasteiger partial charge in [-0.15, -0.1) is 0 Å². The molecule has 0 fully saturated rings. The Morgan fingerprint density at radius 3 is 1.86 bits per heavy atom. The second kappa shape index (κ2) is 16.1. The fraction of sp³-hybridized carbons (Fsp3) is 0.696. The fourth-order valence-electron chi connectivity index (χ4n) is 3.32. The minimum absolute atomic E-state index is 0.0982. The first-order chi connectivity index (χ1) is 13.6. The molecule has 1 rings (SSSR count). The molecule has 0 radical (unpaired) electrons. The van der Waals surface area contributed by atoms with Gasteiger partial charge >= 0.3 is 0 Å². The highest BCUT2D eigenvalue weighted by Crippen LogP contribution is 2.22. The molecule has 1 aromatic rings. The maximum Gasteiger partial charge on any atom is 0.273 e. The summed E-state index contributed by atoms with van der Waals surface area (Å²) in [7, 11) is 0. The van der Waals surface area contributed by atoms with Crippen molar-refractivity contribution in [1.29, 1.82) is 0 Å². The van der Waals surface area contributed by atoms with Gasteiger partial charge in [0, 0.05) is 24.4 Å². The Morgan fingerprint density at radius 2 is 1.39 bits per heavy atom. The molecule has 0 saturated carbocycles. The standard InChI is InChI=1S/C23H38N2O3/c1-2-3-4-5-6-7-8-9-10-11-12-13-14-15-18-24-20-21-16-17-22(25(27)28)19-23(21)26/h16-17,19-20,26H,2-15,18H2,1H3. The normalized spacial score (nSPS) is 11.3. The Balaban J connectivity index is 1.94. The molecule has 0 amide bonds. The number of aliphatic imine (C=N–C) groups is 1. The van der Waals surface area contributed by atoms with Crippen molar-refractivity contribution in [2.24, 2.45) is 4.99 Å². The summed E-state index contributed by atoms with van der Waals surface area (Å²) in [6, 6.07) is 4.07. The molecule has 1 aromatic carbocycles. The maximum atomic E-state index is 10.6. The predicted molar refractivity (Wildman–Crippen MR) is 118 cm³/mol. The summed E-state index contributed by atoms with van der Waals surface area (Å²) in [4.78, 5) is 14.4. The van der Waals surface area contributed by atoms with Crippen LogP contribution >= 0.6 is 0 Å². The second-order valence-corrected chi connectivity index (χ2v) is 7.63. The number of unbranched alkanes of at least 4 members (excludes halogenated alkanes) is 13. The van der Waals surface area contributed by atoms with Gasteiger partial charge in [0.15, 0.2) is 0 Å². The third-order valence-corrected chi connectivity index (χ3v) is 5.10. The molecule has 28 heavy (non-hydrogen) atoms. The van der Waals surface area contributed by atoms with Crippen molar-refractivity contribution >= 4 is 11.9 Å². The van der Waals surface area contributed by atoms with Gasteiger partial charge in [-0.05, 0) is 12.5 Å². The highest BCUT2D eigenvalue weighted by Gasteiger charge is 2.08. The number of hydrogen-bond donors (Lipinski definition) is 1. The third-order valence-electron chi connectivity index (χ3n) is 5.10. The van der Waals surface area contributed by atoms with E-state index in [2.05, 4.69) is 11.9 Å². The number of hydrogen-bond acceptors (Lipinski definition) is 4. The van der Waals surface area contributed by atoms with E-state index in [-0.39, 0.29) is 11.4 Å². The molecule has 1 N–H and O–H groups in total. The number of benzene rings is 1. The predicted octanol–water partition coefficient (Wildman–Crippen LogP) is 7.20. The van der Waals surface area contributed by atoms with Crippen LogP contribution < -0.4 is 0 Å². The van der Waals surface area contributed by atoms with Crippen LogP contribution in [-0.4, -0.2) is 22.8 Å². The van der Waals surface area contributed by atoms with Crippen LogP contribution in [0.3, 0.4) is 0 Å². The lowest BCUT2D eigenvalue weighted by Gasteiger charge is -2.03. The van der Waals surface area contributed by atoms with E-state index in [0.29, 0.717) is 5.56 Å². The number of nitrogens with zero attached hydrogens (tertiary/aromatic N) is 2. The zero-order chi connectivity index (χ0) is 20.5. The van der Waals surface area contributed by atoms with Gasteiger partial charge in [0.2, 0.25) is 0 Å². The summed E-state index contributed by atoms with van der Waals surface area (Å²) in [5.41, 5.74) is 0.414. The lowest BCUT2D eigenvalue weighted by molar-refractivity contribution is -0.384. The van der Waals surface area contributed by atoms with Crippen LogP contribution in [-0.2, 0) is 0 Å². The monoisotopic (exact) mass is 390 g/mol.